The molecule has 1 saturated heterocycles. The summed E-state index contributed by atoms with van der Waals surface area (Å²) in [5.74, 6) is 0.0980. The molecule has 0 bridgehead atoms. The predicted molar refractivity (Wildman–Crippen MR) is 85.9 cm³/mol. The van der Waals surface area contributed by atoms with Crippen molar-refractivity contribution >= 4 is 11.8 Å². The van der Waals surface area contributed by atoms with E-state index in [1.54, 1.807) is 0 Å². The molecule has 4 nitrogen and oxygen atoms in total. The molecule has 1 aliphatic rings. The van der Waals surface area contributed by atoms with Crippen molar-refractivity contribution in [2.45, 2.75) is 85.2 Å². The first-order chi connectivity index (χ1) is 9.86. The number of carbonyl (C=O) groups is 2. The molecule has 0 aromatic heterocycles. The second-order valence-electron chi connectivity index (χ2n) is 6.98. The SMILES string of the molecule is CCCCCC(C)(C)CN1C(=O)C(CC)NC(=O)C1CC. The van der Waals surface area contributed by atoms with Gasteiger partial charge in [-0.05, 0) is 24.7 Å². The molecule has 0 radical (unpaired) electrons. The van der Waals surface area contributed by atoms with Gasteiger partial charge >= 0.3 is 0 Å². The van der Waals surface area contributed by atoms with E-state index in [-0.39, 0.29) is 29.3 Å². The number of carbonyl (C=O) groups excluding carboxylic acids is 2. The first kappa shape index (κ1) is 18.0. The Bertz CT molecular complexity index is 366. The van der Waals surface area contributed by atoms with E-state index in [1.807, 2.05) is 18.7 Å². The zero-order valence-corrected chi connectivity index (χ0v) is 14.4. The predicted octanol–water partition coefficient (Wildman–Crippen LogP) is 3.11. The first-order valence-electron chi connectivity index (χ1n) is 8.47. The minimum absolute atomic E-state index is 0.00769. The number of hydrogen-bond acceptors (Lipinski definition) is 2. The van der Waals surface area contributed by atoms with Gasteiger partial charge in [0.2, 0.25) is 11.8 Å². The van der Waals surface area contributed by atoms with Crippen LogP contribution in [0.25, 0.3) is 0 Å². The lowest BCUT2D eigenvalue weighted by molar-refractivity contribution is -0.151. The summed E-state index contributed by atoms with van der Waals surface area (Å²) in [4.78, 5) is 26.6. The summed E-state index contributed by atoms with van der Waals surface area (Å²) in [6.07, 6.45) is 6.06. The van der Waals surface area contributed by atoms with Crippen LogP contribution in [-0.2, 0) is 9.59 Å². The highest BCUT2D eigenvalue weighted by atomic mass is 16.2. The molecule has 122 valence electrons. The van der Waals surface area contributed by atoms with Crippen molar-refractivity contribution in [2.75, 3.05) is 6.54 Å². The molecule has 0 aliphatic carbocycles. The first-order valence-corrected chi connectivity index (χ1v) is 8.47. The van der Waals surface area contributed by atoms with Crippen LogP contribution >= 0.6 is 0 Å². The van der Waals surface area contributed by atoms with Crippen LogP contribution in [0.15, 0.2) is 0 Å². The summed E-state index contributed by atoms with van der Waals surface area (Å²) in [5, 5.41) is 2.85. The van der Waals surface area contributed by atoms with E-state index in [4.69, 9.17) is 0 Å². The highest BCUT2D eigenvalue weighted by Gasteiger charge is 2.40. The molecule has 1 aliphatic heterocycles. The van der Waals surface area contributed by atoms with E-state index >= 15 is 0 Å². The van der Waals surface area contributed by atoms with Gasteiger partial charge in [0.1, 0.15) is 12.1 Å². The quantitative estimate of drug-likeness (QED) is 0.700. The summed E-state index contributed by atoms with van der Waals surface area (Å²) < 4.78 is 0. The maximum atomic E-state index is 12.6. The van der Waals surface area contributed by atoms with Gasteiger partial charge in [0, 0.05) is 6.54 Å². The molecule has 1 fully saturated rings. The molecule has 0 saturated carbocycles. The molecule has 1 rings (SSSR count). The van der Waals surface area contributed by atoms with Crippen LogP contribution in [0.3, 0.4) is 0 Å². The van der Waals surface area contributed by atoms with Gasteiger partial charge in [-0.25, -0.2) is 0 Å². The van der Waals surface area contributed by atoms with E-state index in [1.165, 1.54) is 19.3 Å². The average Bonchev–Trinajstić information content (AvgIpc) is 2.42. The van der Waals surface area contributed by atoms with Gasteiger partial charge in [-0.15, -0.1) is 0 Å². The summed E-state index contributed by atoms with van der Waals surface area (Å²) in [5.41, 5.74) is 0.0637. The Morgan fingerprint density at radius 1 is 1.10 bits per heavy atom. The molecule has 2 unspecified atom stereocenters. The molecule has 2 amide bonds. The topological polar surface area (TPSA) is 49.4 Å². The molecular formula is C17H32N2O2. The Balaban J connectivity index is 2.79. The molecule has 2 atom stereocenters. The highest BCUT2D eigenvalue weighted by Crippen LogP contribution is 2.28. The van der Waals surface area contributed by atoms with Crippen LogP contribution in [0.2, 0.25) is 0 Å². The van der Waals surface area contributed by atoms with Crippen molar-refractivity contribution in [2.24, 2.45) is 5.41 Å². The zero-order chi connectivity index (χ0) is 16.0. The summed E-state index contributed by atoms with van der Waals surface area (Å²) in [6.45, 7) is 11.2. The fourth-order valence-electron chi connectivity index (χ4n) is 3.09. The fraction of sp³-hybridized carbons (Fsp3) is 0.882. The normalized spacial score (nSPS) is 23.4. The van der Waals surface area contributed by atoms with Crippen molar-refractivity contribution in [1.29, 1.82) is 0 Å². The van der Waals surface area contributed by atoms with Gasteiger partial charge < -0.3 is 10.2 Å². The number of hydrogen-bond donors (Lipinski definition) is 1. The number of rotatable bonds is 8. The lowest BCUT2D eigenvalue weighted by atomic mass is 9.85. The van der Waals surface area contributed by atoms with E-state index in [0.717, 1.165) is 6.42 Å². The van der Waals surface area contributed by atoms with Gasteiger partial charge in [0.25, 0.3) is 0 Å². The van der Waals surface area contributed by atoms with Crippen LogP contribution < -0.4 is 5.32 Å². The van der Waals surface area contributed by atoms with E-state index < -0.39 is 0 Å². The Labute approximate surface area is 129 Å². The fourth-order valence-corrected chi connectivity index (χ4v) is 3.09. The Morgan fingerprint density at radius 2 is 1.76 bits per heavy atom. The van der Waals surface area contributed by atoms with Gasteiger partial charge in [-0.3, -0.25) is 9.59 Å². The number of unbranched alkanes of at least 4 members (excludes halogenated alkanes) is 2. The zero-order valence-electron chi connectivity index (χ0n) is 14.4. The van der Waals surface area contributed by atoms with Gasteiger partial charge in [0.05, 0.1) is 0 Å². The molecular weight excluding hydrogens is 264 g/mol. The van der Waals surface area contributed by atoms with Crippen molar-refractivity contribution in [1.82, 2.24) is 10.2 Å². The molecule has 1 N–H and O–H groups in total. The summed E-state index contributed by atoms with van der Waals surface area (Å²) >= 11 is 0. The molecule has 0 spiro atoms. The van der Waals surface area contributed by atoms with Crippen LogP contribution in [0, 0.1) is 5.41 Å². The van der Waals surface area contributed by atoms with E-state index in [0.29, 0.717) is 19.4 Å². The summed E-state index contributed by atoms with van der Waals surface area (Å²) in [7, 11) is 0. The maximum Gasteiger partial charge on any atom is 0.245 e. The third-order valence-electron chi connectivity index (χ3n) is 4.43. The second kappa shape index (κ2) is 7.81. The van der Waals surface area contributed by atoms with Gasteiger partial charge in [-0.2, -0.15) is 0 Å². The van der Waals surface area contributed by atoms with Crippen LogP contribution in [0.1, 0.15) is 73.1 Å². The number of nitrogens with zero attached hydrogens (tertiary/aromatic N) is 1. The Kier molecular flexibility index (Phi) is 6.69. The maximum absolute atomic E-state index is 12.6. The van der Waals surface area contributed by atoms with Gasteiger partial charge in [-0.1, -0.05) is 53.9 Å². The molecule has 4 heteroatoms. The van der Waals surface area contributed by atoms with Crippen LogP contribution in [-0.4, -0.2) is 35.3 Å². The highest BCUT2D eigenvalue weighted by molar-refractivity contribution is 5.96. The minimum atomic E-state index is -0.341. The second-order valence-corrected chi connectivity index (χ2v) is 6.98. The molecule has 21 heavy (non-hydrogen) atoms. The lowest BCUT2D eigenvalue weighted by Gasteiger charge is -2.42. The third kappa shape index (κ3) is 4.72. The molecule has 0 aromatic carbocycles. The lowest BCUT2D eigenvalue weighted by Crippen LogP contribution is -2.64. The van der Waals surface area contributed by atoms with Crippen molar-refractivity contribution in [3.8, 4) is 0 Å². The third-order valence-corrected chi connectivity index (χ3v) is 4.43. The van der Waals surface area contributed by atoms with E-state index in [2.05, 4.69) is 26.1 Å². The Morgan fingerprint density at radius 3 is 2.29 bits per heavy atom. The number of amides is 2. The summed E-state index contributed by atoms with van der Waals surface area (Å²) in [6, 6.07) is -0.641. The standard InChI is InChI=1S/C17H32N2O2/c1-6-9-10-11-17(4,5)12-19-14(8-3)15(20)18-13(7-2)16(19)21/h13-14H,6-12H2,1-5H3,(H,18,20). The van der Waals surface area contributed by atoms with Crippen molar-refractivity contribution in [3.63, 3.8) is 0 Å². The number of nitrogens with one attached hydrogen (secondary N) is 1. The number of piperazine rings is 1. The van der Waals surface area contributed by atoms with Crippen molar-refractivity contribution in [3.05, 3.63) is 0 Å². The Hall–Kier alpha value is -1.06. The average molecular weight is 296 g/mol. The smallest absolute Gasteiger partial charge is 0.245 e. The monoisotopic (exact) mass is 296 g/mol. The molecule has 1 heterocycles. The minimum Gasteiger partial charge on any atom is -0.343 e. The van der Waals surface area contributed by atoms with Crippen molar-refractivity contribution < 1.29 is 9.59 Å². The molecule has 0 aromatic rings. The van der Waals surface area contributed by atoms with Gasteiger partial charge in [0.15, 0.2) is 0 Å². The van der Waals surface area contributed by atoms with Crippen LogP contribution in [0.4, 0.5) is 0 Å². The van der Waals surface area contributed by atoms with Crippen LogP contribution in [0.5, 0.6) is 0 Å². The largest absolute Gasteiger partial charge is 0.343 e. The van der Waals surface area contributed by atoms with E-state index in [9.17, 15) is 9.59 Å².